The molecule has 19 heavy (non-hydrogen) atoms. The van der Waals surface area contributed by atoms with Crippen molar-refractivity contribution in [3.63, 3.8) is 0 Å². The van der Waals surface area contributed by atoms with Gasteiger partial charge < -0.3 is 16.3 Å². The van der Waals surface area contributed by atoms with Crippen molar-refractivity contribution in [3.05, 3.63) is 34.1 Å². The SMILES string of the molecule is CC(C)C(NC(=O)c1cccc(F)c1Br)/C(N)=N/O. The van der Waals surface area contributed by atoms with Gasteiger partial charge in [-0.3, -0.25) is 4.79 Å². The maximum atomic E-state index is 13.3. The predicted molar refractivity (Wildman–Crippen MR) is 73.6 cm³/mol. The lowest BCUT2D eigenvalue weighted by Gasteiger charge is -2.21. The number of nitrogens with one attached hydrogen (secondary N) is 1. The van der Waals surface area contributed by atoms with Crippen LogP contribution in [0.25, 0.3) is 0 Å². The average Bonchev–Trinajstić information content (AvgIpc) is 2.37. The highest BCUT2D eigenvalue weighted by Gasteiger charge is 2.23. The van der Waals surface area contributed by atoms with Gasteiger partial charge in [0.1, 0.15) is 5.82 Å². The van der Waals surface area contributed by atoms with Gasteiger partial charge in [-0.15, -0.1) is 0 Å². The topological polar surface area (TPSA) is 87.7 Å². The first kappa shape index (κ1) is 15.4. The number of amides is 1. The van der Waals surface area contributed by atoms with E-state index in [1.165, 1.54) is 18.2 Å². The molecule has 0 aliphatic carbocycles. The maximum Gasteiger partial charge on any atom is 0.253 e. The zero-order valence-corrected chi connectivity index (χ0v) is 12.1. The standard InChI is InChI=1S/C12H15BrFN3O2/c1-6(2)10(11(15)17-19)16-12(18)7-4-3-5-8(14)9(7)13/h3-6,10,19H,1-2H3,(H2,15,17)(H,16,18). The van der Waals surface area contributed by atoms with Crippen molar-refractivity contribution in [1.29, 1.82) is 0 Å². The van der Waals surface area contributed by atoms with Crippen LogP contribution in [-0.4, -0.2) is 23.0 Å². The Balaban J connectivity index is 2.98. The molecule has 0 fully saturated rings. The third-order valence-electron chi connectivity index (χ3n) is 2.58. The van der Waals surface area contributed by atoms with Gasteiger partial charge in [0, 0.05) is 0 Å². The quantitative estimate of drug-likeness (QED) is 0.341. The van der Waals surface area contributed by atoms with Gasteiger partial charge in [-0.05, 0) is 34.0 Å². The van der Waals surface area contributed by atoms with E-state index in [2.05, 4.69) is 26.4 Å². The molecule has 1 aromatic rings. The third-order valence-corrected chi connectivity index (χ3v) is 3.39. The van der Waals surface area contributed by atoms with Crippen LogP contribution in [0.3, 0.4) is 0 Å². The predicted octanol–water partition coefficient (Wildman–Crippen LogP) is 2.09. The molecule has 104 valence electrons. The van der Waals surface area contributed by atoms with Crippen LogP contribution in [0.5, 0.6) is 0 Å². The number of carbonyl (C=O) groups is 1. The number of nitrogens with two attached hydrogens (primary N) is 1. The molecular formula is C12H15BrFN3O2. The molecule has 0 spiro atoms. The Bertz CT molecular complexity index is 506. The Morgan fingerprint density at radius 3 is 2.68 bits per heavy atom. The van der Waals surface area contributed by atoms with Crippen molar-refractivity contribution in [3.8, 4) is 0 Å². The first-order valence-electron chi connectivity index (χ1n) is 5.60. The van der Waals surface area contributed by atoms with E-state index in [1.807, 2.05) is 13.8 Å². The summed E-state index contributed by atoms with van der Waals surface area (Å²) >= 11 is 3.02. The summed E-state index contributed by atoms with van der Waals surface area (Å²) in [5.74, 6) is -1.21. The molecule has 1 unspecified atom stereocenters. The Hall–Kier alpha value is -1.63. The molecule has 1 atom stereocenters. The van der Waals surface area contributed by atoms with Gasteiger partial charge in [0.25, 0.3) is 5.91 Å². The minimum Gasteiger partial charge on any atom is -0.409 e. The molecule has 0 aliphatic rings. The molecule has 5 nitrogen and oxygen atoms in total. The van der Waals surface area contributed by atoms with Gasteiger partial charge in [-0.1, -0.05) is 25.1 Å². The first-order chi connectivity index (χ1) is 8.88. The van der Waals surface area contributed by atoms with Crippen LogP contribution in [0.2, 0.25) is 0 Å². The average molecular weight is 332 g/mol. The van der Waals surface area contributed by atoms with Crippen molar-refractivity contribution < 1.29 is 14.4 Å². The van der Waals surface area contributed by atoms with Gasteiger partial charge >= 0.3 is 0 Å². The number of hydrogen-bond acceptors (Lipinski definition) is 3. The van der Waals surface area contributed by atoms with Gasteiger partial charge in [0.2, 0.25) is 0 Å². The molecule has 4 N–H and O–H groups in total. The number of rotatable bonds is 4. The highest BCUT2D eigenvalue weighted by atomic mass is 79.9. The van der Waals surface area contributed by atoms with Crippen LogP contribution in [0.4, 0.5) is 4.39 Å². The number of amidine groups is 1. The summed E-state index contributed by atoms with van der Waals surface area (Å²) in [6, 6.07) is 3.52. The van der Waals surface area contributed by atoms with E-state index in [-0.39, 0.29) is 21.8 Å². The monoisotopic (exact) mass is 331 g/mol. The smallest absolute Gasteiger partial charge is 0.253 e. The lowest BCUT2D eigenvalue weighted by atomic mass is 10.0. The van der Waals surface area contributed by atoms with Crippen LogP contribution in [0, 0.1) is 11.7 Å². The Kier molecular flexibility index (Phi) is 5.29. The van der Waals surface area contributed by atoms with Crippen LogP contribution in [0.15, 0.2) is 27.8 Å². The van der Waals surface area contributed by atoms with Crippen LogP contribution in [0.1, 0.15) is 24.2 Å². The molecule has 0 aliphatic heterocycles. The lowest BCUT2D eigenvalue weighted by Crippen LogP contribution is -2.47. The highest BCUT2D eigenvalue weighted by molar-refractivity contribution is 9.10. The molecule has 0 heterocycles. The van der Waals surface area contributed by atoms with Crippen molar-refractivity contribution in [1.82, 2.24) is 5.32 Å². The van der Waals surface area contributed by atoms with E-state index in [0.29, 0.717) is 0 Å². The van der Waals surface area contributed by atoms with Crippen molar-refractivity contribution in [2.75, 3.05) is 0 Å². The summed E-state index contributed by atoms with van der Waals surface area (Å²) in [7, 11) is 0. The minimum absolute atomic E-state index is 0.0767. The molecule has 0 aromatic heterocycles. The first-order valence-corrected chi connectivity index (χ1v) is 6.40. The molecule has 0 saturated heterocycles. The van der Waals surface area contributed by atoms with Gasteiger partial charge in [0.05, 0.1) is 16.1 Å². The maximum absolute atomic E-state index is 13.3. The second-order valence-corrected chi connectivity index (χ2v) is 5.11. The summed E-state index contributed by atoms with van der Waals surface area (Å²) in [6.45, 7) is 3.62. The third kappa shape index (κ3) is 3.66. The Morgan fingerprint density at radius 1 is 1.53 bits per heavy atom. The van der Waals surface area contributed by atoms with Gasteiger partial charge in [-0.25, -0.2) is 4.39 Å². The summed E-state index contributed by atoms with van der Waals surface area (Å²) in [6.07, 6.45) is 0. The number of nitrogens with zero attached hydrogens (tertiary/aromatic N) is 1. The van der Waals surface area contributed by atoms with Crippen LogP contribution >= 0.6 is 15.9 Å². The zero-order chi connectivity index (χ0) is 14.6. The van der Waals surface area contributed by atoms with E-state index >= 15 is 0 Å². The fraction of sp³-hybridized carbons (Fsp3) is 0.333. The summed E-state index contributed by atoms with van der Waals surface area (Å²) in [5, 5.41) is 14.2. The second kappa shape index (κ2) is 6.51. The molecule has 0 saturated carbocycles. The molecular weight excluding hydrogens is 317 g/mol. The minimum atomic E-state index is -0.632. The number of halogens is 2. The highest BCUT2D eigenvalue weighted by Crippen LogP contribution is 2.20. The van der Waals surface area contributed by atoms with Crippen molar-refractivity contribution >= 4 is 27.7 Å². The van der Waals surface area contributed by atoms with E-state index in [9.17, 15) is 9.18 Å². The fourth-order valence-electron chi connectivity index (χ4n) is 1.54. The van der Waals surface area contributed by atoms with Gasteiger partial charge in [-0.2, -0.15) is 0 Å². The second-order valence-electron chi connectivity index (χ2n) is 4.32. The molecule has 1 aromatic carbocycles. The van der Waals surface area contributed by atoms with E-state index in [1.54, 1.807) is 0 Å². The van der Waals surface area contributed by atoms with E-state index in [4.69, 9.17) is 10.9 Å². The van der Waals surface area contributed by atoms with Crippen molar-refractivity contribution in [2.24, 2.45) is 16.8 Å². The van der Waals surface area contributed by atoms with Crippen LogP contribution in [-0.2, 0) is 0 Å². The zero-order valence-electron chi connectivity index (χ0n) is 10.5. The molecule has 1 amide bonds. The molecule has 1 rings (SSSR count). The van der Waals surface area contributed by atoms with Gasteiger partial charge in [0.15, 0.2) is 5.84 Å². The number of carbonyl (C=O) groups excluding carboxylic acids is 1. The fourth-order valence-corrected chi connectivity index (χ4v) is 1.99. The summed E-state index contributed by atoms with van der Waals surface area (Å²) in [4.78, 5) is 12.1. The van der Waals surface area contributed by atoms with E-state index < -0.39 is 17.8 Å². The van der Waals surface area contributed by atoms with Crippen molar-refractivity contribution in [2.45, 2.75) is 19.9 Å². The largest absolute Gasteiger partial charge is 0.409 e. The normalized spacial score (nSPS) is 13.4. The summed E-state index contributed by atoms with van der Waals surface area (Å²) < 4.78 is 13.4. The lowest BCUT2D eigenvalue weighted by molar-refractivity contribution is 0.0937. The Morgan fingerprint density at radius 2 is 2.16 bits per heavy atom. The van der Waals surface area contributed by atoms with E-state index in [0.717, 1.165) is 0 Å². The molecule has 0 radical (unpaired) electrons. The number of benzene rings is 1. The molecule has 7 heteroatoms. The summed E-state index contributed by atoms with van der Waals surface area (Å²) in [5.41, 5.74) is 5.66. The number of hydrogen-bond donors (Lipinski definition) is 3. The number of oxime groups is 1. The molecule has 0 bridgehead atoms. The Labute approximate surface area is 118 Å². The van der Waals surface area contributed by atoms with Crippen LogP contribution < -0.4 is 11.1 Å².